The monoisotopic (exact) mass is 271 g/mol. The number of para-hydroxylation sites is 1. The summed E-state index contributed by atoms with van der Waals surface area (Å²) < 4.78 is 4.79. The second kappa shape index (κ2) is 6.61. The molecule has 0 atom stereocenters. The molecule has 0 aliphatic heterocycles. The Bertz CT molecular complexity index is 579. The number of hydrogen-bond acceptors (Lipinski definition) is 3. The lowest BCUT2D eigenvalue weighted by atomic mass is 10.0. The van der Waals surface area contributed by atoms with E-state index < -0.39 is 6.09 Å². The van der Waals surface area contributed by atoms with Gasteiger partial charge in [0.1, 0.15) is 5.75 Å². The van der Waals surface area contributed by atoms with Gasteiger partial charge in [-0.15, -0.1) is 0 Å². The van der Waals surface area contributed by atoms with Crippen molar-refractivity contribution in [2.24, 2.45) is 0 Å². The van der Waals surface area contributed by atoms with Crippen LogP contribution in [0.5, 0.6) is 5.75 Å². The third-order valence-corrected chi connectivity index (χ3v) is 2.88. The normalized spacial score (nSPS) is 10.1. The van der Waals surface area contributed by atoms with Gasteiger partial charge in [0, 0.05) is 12.1 Å². The topological polar surface area (TPSA) is 58.6 Å². The van der Waals surface area contributed by atoms with Gasteiger partial charge in [0.25, 0.3) is 0 Å². The summed E-state index contributed by atoms with van der Waals surface area (Å²) in [7, 11) is 0. The van der Waals surface area contributed by atoms with Crippen LogP contribution in [-0.4, -0.2) is 17.8 Å². The molecule has 104 valence electrons. The molecule has 0 unspecified atom stereocenters. The number of phenolic OH excluding ortho intramolecular Hbond substituents is 1. The van der Waals surface area contributed by atoms with Crippen LogP contribution in [-0.2, 0) is 11.3 Å². The molecule has 0 aliphatic carbocycles. The van der Waals surface area contributed by atoms with Crippen molar-refractivity contribution in [3.63, 3.8) is 0 Å². The molecule has 0 aliphatic rings. The number of carbonyl (C=O) groups excluding carboxylic acids is 1. The molecule has 0 aromatic heterocycles. The lowest BCUT2D eigenvalue weighted by Crippen LogP contribution is -2.23. The van der Waals surface area contributed by atoms with E-state index in [9.17, 15) is 9.90 Å². The molecule has 0 saturated carbocycles. The van der Waals surface area contributed by atoms with E-state index in [1.54, 1.807) is 19.1 Å². The van der Waals surface area contributed by atoms with Gasteiger partial charge in [-0.2, -0.15) is 0 Å². The van der Waals surface area contributed by atoms with Crippen molar-refractivity contribution >= 4 is 6.09 Å². The Morgan fingerprint density at radius 1 is 1.15 bits per heavy atom. The molecular weight excluding hydrogens is 254 g/mol. The summed E-state index contributed by atoms with van der Waals surface area (Å²) in [6.45, 7) is 2.54. The Kier molecular flexibility index (Phi) is 4.60. The summed E-state index contributed by atoms with van der Waals surface area (Å²) in [5.74, 6) is 0.255. The molecule has 4 heteroatoms. The van der Waals surface area contributed by atoms with Crippen molar-refractivity contribution in [3.05, 3.63) is 54.1 Å². The maximum atomic E-state index is 11.2. The summed E-state index contributed by atoms with van der Waals surface area (Å²) in [6.07, 6.45) is -0.419. The first kappa shape index (κ1) is 13.9. The maximum Gasteiger partial charge on any atom is 0.407 e. The van der Waals surface area contributed by atoms with Crippen LogP contribution in [0, 0.1) is 0 Å². The lowest BCUT2D eigenvalue weighted by Gasteiger charge is -2.07. The van der Waals surface area contributed by atoms with Crippen molar-refractivity contribution in [3.8, 4) is 16.9 Å². The summed E-state index contributed by atoms with van der Waals surface area (Å²) in [4.78, 5) is 11.2. The minimum absolute atomic E-state index is 0.255. The smallest absolute Gasteiger partial charge is 0.407 e. The zero-order chi connectivity index (χ0) is 14.4. The molecule has 1 amide bonds. The number of aromatic hydroxyl groups is 1. The van der Waals surface area contributed by atoms with E-state index in [1.807, 2.05) is 36.4 Å². The maximum absolute atomic E-state index is 11.2. The average molecular weight is 271 g/mol. The minimum Gasteiger partial charge on any atom is -0.507 e. The molecule has 0 radical (unpaired) electrons. The first-order valence-electron chi connectivity index (χ1n) is 6.48. The van der Waals surface area contributed by atoms with Gasteiger partial charge in [-0.1, -0.05) is 42.5 Å². The molecular formula is C16H17NO3. The highest BCUT2D eigenvalue weighted by atomic mass is 16.5. The van der Waals surface area contributed by atoms with E-state index >= 15 is 0 Å². The van der Waals surface area contributed by atoms with Crippen LogP contribution in [0.25, 0.3) is 11.1 Å². The lowest BCUT2D eigenvalue weighted by molar-refractivity contribution is 0.151. The van der Waals surface area contributed by atoms with Gasteiger partial charge in [0.05, 0.1) is 6.61 Å². The van der Waals surface area contributed by atoms with Crippen molar-refractivity contribution in [1.29, 1.82) is 0 Å². The van der Waals surface area contributed by atoms with Crippen LogP contribution in [0.1, 0.15) is 12.5 Å². The Morgan fingerprint density at radius 2 is 1.85 bits per heavy atom. The van der Waals surface area contributed by atoms with Crippen LogP contribution in [0.2, 0.25) is 0 Å². The number of carbonyl (C=O) groups is 1. The van der Waals surface area contributed by atoms with E-state index in [1.165, 1.54) is 0 Å². The van der Waals surface area contributed by atoms with E-state index in [-0.39, 0.29) is 5.75 Å². The van der Waals surface area contributed by atoms with Gasteiger partial charge in [-0.25, -0.2) is 4.79 Å². The molecule has 4 nitrogen and oxygen atoms in total. The highest BCUT2D eigenvalue weighted by Gasteiger charge is 2.04. The van der Waals surface area contributed by atoms with E-state index in [0.29, 0.717) is 13.2 Å². The highest BCUT2D eigenvalue weighted by molar-refractivity contribution is 5.70. The van der Waals surface area contributed by atoms with Gasteiger partial charge in [0.15, 0.2) is 0 Å². The molecule has 2 rings (SSSR count). The van der Waals surface area contributed by atoms with Crippen molar-refractivity contribution in [1.82, 2.24) is 5.32 Å². The number of nitrogens with one attached hydrogen (secondary N) is 1. The van der Waals surface area contributed by atoms with Gasteiger partial charge >= 0.3 is 6.09 Å². The van der Waals surface area contributed by atoms with E-state index in [2.05, 4.69) is 5.32 Å². The molecule has 2 aromatic rings. The standard InChI is InChI=1S/C16H17NO3/c1-2-20-16(19)17-11-12-7-9-13(10-8-12)14-5-3-4-6-15(14)18/h3-10,18H,2,11H2,1H3,(H,17,19). The van der Waals surface area contributed by atoms with Crippen molar-refractivity contribution in [2.75, 3.05) is 6.61 Å². The van der Waals surface area contributed by atoms with Gasteiger partial charge in [-0.05, 0) is 24.1 Å². The summed E-state index contributed by atoms with van der Waals surface area (Å²) in [5, 5.41) is 12.5. The largest absolute Gasteiger partial charge is 0.507 e. The zero-order valence-corrected chi connectivity index (χ0v) is 11.3. The van der Waals surface area contributed by atoms with Gasteiger partial charge < -0.3 is 15.2 Å². The number of alkyl carbamates (subject to hydrolysis) is 1. The fraction of sp³-hybridized carbons (Fsp3) is 0.188. The fourth-order valence-corrected chi connectivity index (χ4v) is 1.88. The molecule has 0 spiro atoms. The third-order valence-electron chi connectivity index (χ3n) is 2.88. The highest BCUT2D eigenvalue weighted by Crippen LogP contribution is 2.28. The van der Waals surface area contributed by atoms with Crippen LogP contribution >= 0.6 is 0 Å². The Labute approximate surface area is 118 Å². The number of ether oxygens (including phenoxy) is 1. The second-order valence-corrected chi connectivity index (χ2v) is 4.29. The first-order chi connectivity index (χ1) is 9.70. The molecule has 2 aromatic carbocycles. The summed E-state index contributed by atoms with van der Waals surface area (Å²) in [5.41, 5.74) is 2.69. The predicted molar refractivity (Wildman–Crippen MR) is 77.4 cm³/mol. The van der Waals surface area contributed by atoms with E-state index in [0.717, 1.165) is 16.7 Å². The second-order valence-electron chi connectivity index (χ2n) is 4.29. The number of phenols is 1. The Balaban J connectivity index is 2.03. The minimum atomic E-state index is -0.419. The van der Waals surface area contributed by atoms with E-state index in [4.69, 9.17) is 4.74 Å². The number of benzene rings is 2. The van der Waals surface area contributed by atoms with Crippen molar-refractivity contribution in [2.45, 2.75) is 13.5 Å². The van der Waals surface area contributed by atoms with Gasteiger partial charge in [0.2, 0.25) is 0 Å². The van der Waals surface area contributed by atoms with Gasteiger partial charge in [-0.3, -0.25) is 0 Å². The van der Waals surface area contributed by atoms with Crippen LogP contribution in [0.4, 0.5) is 4.79 Å². The summed E-state index contributed by atoms with van der Waals surface area (Å²) >= 11 is 0. The predicted octanol–water partition coefficient (Wildman–Crippen LogP) is 3.31. The average Bonchev–Trinajstić information content (AvgIpc) is 2.47. The fourth-order valence-electron chi connectivity index (χ4n) is 1.88. The molecule has 20 heavy (non-hydrogen) atoms. The summed E-state index contributed by atoms with van der Waals surface area (Å²) in [6, 6.07) is 14.8. The van der Waals surface area contributed by atoms with Crippen LogP contribution in [0.3, 0.4) is 0 Å². The molecule has 0 saturated heterocycles. The quantitative estimate of drug-likeness (QED) is 0.897. The van der Waals surface area contributed by atoms with Crippen LogP contribution in [0.15, 0.2) is 48.5 Å². The molecule has 0 heterocycles. The molecule has 0 bridgehead atoms. The van der Waals surface area contributed by atoms with Crippen LogP contribution < -0.4 is 5.32 Å². The number of hydrogen-bond donors (Lipinski definition) is 2. The third kappa shape index (κ3) is 3.51. The molecule has 2 N–H and O–H groups in total. The number of rotatable bonds is 4. The number of amides is 1. The Morgan fingerprint density at radius 3 is 2.50 bits per heavy atom. The molecule has 0 fully saturated rings. The van der Waals surface area contributed by atoms with Crippen molar-refractivity contribution < 1.29 is 14.6 Å². The Hall–Kier alpha value is -2.49. The first-order valence-corrected chi connectivity index (χ1v) is 6.48. The SMILES string of the molecule is CCOC(=O)NCc1ccc(-c2ccccc2O)cc1. The zero-order valence-electron chi connectivity index (χ0n) is 11.3.